The SMILES string of the molecule is CCC(C)n1ncc(C(=O)N[C@@H]2C=C[C@H](CO)C2)c1C1CC1. The zero-order valence-electron chi connectivity index (χ0n) is 13.3. The summed E-state index contributed by atoms with van der Waals surface area (Å²) in [5.41, 5.74) is 1.83. The van der Waals surface area contributed by atoms with Crippen LogP contribution in [0.2, 0.25) is 0 Å². The smallest absolute Gasteiger partial charge is 0.255 e. The van der Waals surface area contributed by atoms with Crippen molar-refractivity contribution in [2.75, 3.05) is 6.61 Å². The number of amides is 1. The van der Waals surface area contributed by atoms with Gasteiger partial charge < -0.3 is 10.4 Å². The van der Waals surface area contributed by atoms with Crippen molar-refractivity contribution in [1.82, 2.24) is 15.1 Å². The van der Waals surface area contributed by atoms with Gasteiger partial charge in [-0.1, -0.05) is 19.1 Å². The monoisotopic (exact) mass is 303 g/mol. The van der Waals surface area contributed by atoms with E-state index in [1.54, 1.807) is 6.20 Å². The Labute approximate surface area is 131 Å². The minimum atomic E-state index is -0.0373. The number of hydrogen-bond donors (Lipinski definition) is 2. The number of aliphatic hydroxyl groups is 1. The molecule has 1 aromatic rings. The van der Waals surface area contributed by atoms with E-state index in [-0.39, 0.29) is 24.5 Å². The lowest BCUT2D eigenvalue weighted by molar-refractivity contribution is 0.0940. The van der Waals surface area contributed by atoms with Crippen LogP contribution in [0.4, 0.5) is 0 Å². The molecule has 1 fully saturated rings. The molecule has 3 atom stereocenters. The highest BCUT2D eigenvalue weighted by molar-refractivity contribution is 5.95. The maximum Gasteiger partial charge on any atom is 0.255 e. The lowest BCUT2D eigenvalue weighted by atomic mass is 10.1. The zero-order chi connectivity index (χ0) is 15.7. The van der Waals surface area contributed by atoms with E-state index < -0.39 is 0 Å². The molecule has 0 bridgehead atoms. The quantitative estimate of drug-likeness (QED) is 0.793. The van der Waals surface area contributed by atoms with Crippen LogP contribution in [0.15, 0.2) is 18.3 Å². The molecule has 5 nitrogen and oxygen atoms in total. The van der Waals surface area contributed by atoms with Crippen LogP contribution in [0.1, 0.15) is 67.5 Å². The van der Waals surface area contributed by atoms with Crippen molar-refractivity contribution in [2.45, 2.75) is 57.5 Å². The molecule has 3 rings (SSSR count). The van der Waals surface area contributed by atoms with Gasteiger partial charge >= 0.3 is 0 Å². The van der Waals surface area contributed by atoms with E-state index in [0.29, 0.717) is 12.0 Å². The first-order valence-corrected chi connectivity index (χ1v) is 8.31. The van der Waals surface area contributed by atoms with Crippen molar-refractivity contribution >= 4 is 5.91 Å². The highest BCUT2D eigenvalue weighted by atomic mass is 16.3. The van der Waals surface area contributed by atoms with Crippen LogP contribution in [-0.2, 0) is 0 Å². The second-order valence-corrected chi connectivity index (χ2v) is 6.56. The summed E-state index contributed by atoms with van der Waals surface area (Å²) in [6, 6.07) is 0.339. The van der Waals surface area contributed by atoms with E-state index in [1.807, 2.05) is 16.8 Å². The molecular formula is C17H25N3O2. The highest BCUT2D eigenvalue weighted by Gasteiger charge is 2.34. The van der Waals surface area contributed by atoms with Gasteiger partial charge in [0.05, 0.1) is 17.5 Å². The van der Waals surface area contributed by atoms with E-state index in [1.165, 1.54) is 0 Å². The lowest BCUT2D eigenvalue weighted by Gasteiger charge is -2.16. The van der Waals surface area contributed by atoms with Crippen LogP contribution in [0, 0.1) is 5.92 Å². The third-order valence-corrected chi connectivity index (χ3v) is 4.77. The lowest BCUT2D eigenvalue weighted by Crippen LogP contribution is -2.33. The second kappa shape index (κ2) is 6.24. The Morgan fingerprint density at radius 2 is 2.27 bits per heavy atom. The summed E-state index contributed by atoms with van der Waals surface area (Å²) in [4.78, 5) is 12.6. The molecule has 120 valence electrons. The molecule has 1 saturated carbocycles. The van der Waals surface area contributed by atoms with E-state index in [2.05, 4.69) is 24.3 Å². The average molecular weight is 303 g/mol. The maximum absolute atomic E-state index is 12.6. The maximum atomic E-state index is 12.6. The third-order valence-electron chi connectivity index (χ3n) is 4.77. The van der Waals surface area contributed by atoms with Crippen LogP contribution >= 0.6 is 0 Å². The molecule has 5 heteroatoms. The Bertz CT molecular complexity index is 574. The minimum Gasteiger partial charge on any atom is -0.396 e. The molecule has 2 N–H and O–H groups in total. The van der Waals surface area contributed by atoms with Gasteiger partial charge in [0.25, 0.3) is 5.91 Å². The number of nitrogens with zero attached hydrogens (tertiary/aromatic N) is 2. The van der Waals surface area contributed by atoms with E-state index in [9.17, 15) is 9.90 Å². The fourth-order valence-corrected chi connectivity index (χ4v) is 3.10. The summed E-state index contributed by atoms with van der Waals surface area (Å²) in [5, 5.41) is 16.7. The Morgan fingerprint density at radius 1 is 1.50 bits per heavy atom. The molecule has 1 heterocycles. The molecule has 0 saturated heterocycles. The van der Waals surface area contributed by atoms with Gasteiger partial charge in [0, 0.05) is 30.5 Å². The van der Waals surface area contributed by atoms with Crippen LogP contribution in [0.25, 0.3) is 0 Å². The standard InChI is InChI=1S/C17H25N3O2/c1-3-11(2)20-16(13-5-6-13)15(9-18-20)17(22)19-14-7-4-12(8-14)10-21/h4,7,9,11-14,21H,3,5-6,8,10H2,1-2H3,(H,19,22)/t11?,12-,14+/m0/s1. The van der Waals surface area contributed by atoms with Crippen molar-refractivity contribution in [1.29, 1.82) is 0 Å². The van der Waals surface area contributed by atoms with Crippen molar-refractivity contribution in [3.63, 3.8) is 0 Å². The van der Waals surface area contributed by atoms with Crippen molar-refractivity contribution in [3.05, 3.63) is 29.6 Å². The number of aromatic nitrogens is 2. The normalized spacial score (nSPS) is 25.4. The number of hydrogen-bond acceptors (Lipinski definition) is 3. The van der Waals surface area contributed by atoms with Crippen LogP contribution in [0.3, 0.4) is 0 Å². The Balaban J connectivity index is 1.75. The summed E-state index contributed by atoms with van der Waals surface area (Å²) < 4.78 is 2.04. The summed E-state index contributed by atoms with van der Waals surface area (Å²) in [6.07, 6.45) is 9.77. The Morgan fingerprint density at radius 3 is 2.86 bits per heavy atom. The molecule has 0 aromatic carbocycles. The topological polar surface area (TPSA) is 67.2 Å². The molecule has 1 amide bonds. The van der Waals surface area contributed by atoms with Gasteiger partial charge in [-0.05, 0) is 32.6 Å². The first kappa shape index (κ1) is 15.3. The Hall–Kier alpha value is -1.62. The summed E-state index contributed by atoms with van der Waals surface area (Å²) in [6.45, 7) is 4.43. The average Bonchev–Trinajstić information content (AvgIpc) is 3.10. The molecule has 2 aliphatic rings. The number of aliphatic hydroxyl groups excluding tert-OH is 1. The summed E-state index contributed by atoms with van der Waals surface area (Å²) in [5.74, 6) is 0.613. The van der Waals surface area contributed by atoms with Crippen LogP contribution in [-0.4, -0.2) is 33.4 Å². The predicted molar refractivity (Wildman–Crippen MR) is 84.8 cm³/mol. The number of rotatable bonds is 6. The first-order chi connectivity index (χ1) is 10.6. The molecule has 0 radical (unpaired) electrons. The van der Waals surface area contributed by atoms with E-state index in [0.717, 1.165) is 36.9 Å². The zero-order valence-corrected chi connectivity index (χ0v) is 13.3. The van der Waals surface area contributed by atoms with Crippen LogP contribution < -0.4 is 5.32 Å². The number of nitrogens with one attached hydrogen (secondary N) is 1. The Kier molecular flexibility index (Phi) is 4.34. The minimum absolute atomic E-state index is 0.0173. The predicted octanol–water partition coefficient (Wildman–Crippen LogP) is 2.40. The highest BCUT2D eigenvalue weighted by Crippen LogP contribution is 2.42. The number of carbonyl (C=O) groups excluding carboxylic acids is 1. The van der Waals surface area contributed by atoms with Crippen molar-refractivity contribution in [3.8, 4) is 0 Å². The van der Waals surface area contributed by atoms with Gasteiger partial charge in [-0.2, -0.15) is 5.10 Å². The number of carbonyl (C=O) groups is 1. The van der Waals surface area contributed by atoms with Crippen molar-refractivity contribution < 1.29 is 9.90 Å². The van der Waals surface area contributed by atoms with Crippen LogP contribution in [0.5, 0.6) is 0 Å². The van der Waals surface area contributed by atoms with Gasteiger partial charge in [-0.15, -0.1) is 0 Å². The molecule has 1 aromatic heterocycles. The third kappa shape index (κ3) is 2.95. The van der Waals surface area contributed by atoms with E-state index >= 15 is 0 Å². The van der Waals surface area contributed by atoms with Gasteiger partial charge in [-0.3, -0.25) is 9.48 Å². The second-order valence-electron chi connectivity index (χ2n) is 6.56. The molecule has 0 aliphatic heterocycles. The van der Waals surface area contributed by atoms with E-state index in [4.69, 9.17) is 0 Å². The van der Waals surface area contributed by atoms with Crippen molar-refractivity contribution in [2.24, 2.45) is 5.92 Å². The summed E-state index contributed by atoms with van der Waals surface area (Å²) >= 11 is 0. The first-order valence-electron chi connectivity index (χ1n) is 8.31. The fourth-order valence-electron chi connectivity index (χ4n) is 3.10. The molecule has 0 spiro atoms. The van der Waals surface area contributed by atoms with Gasteiger partial charge in [-0.25, -0.2) is 0 Å². The van der Waals surface area contributed by atoms with Gasteiger partial charge in [0.2, 0.25) is 0 Å². The molecular weight excluding hydrogens is 278 g/mol. The van der Waals surface area contributed by atoms with Gasteiger partial charge in [0.15, 0.2) is 0 Å². The fraction of sp³-hybridized carbons (Fsp3) is 0.647. The molecule has 22 heavy (non-hydrogen) atoms. The largest absolute Gasteiger partial charge is 0.396 e. The summed E-state index contributed by atoms with van der Waals surface area (Å²) in [7, 11) is 0. The molecule has 1 unspecified atom stereocenters. The van der Waals surface area contributed by atoms with Gasteiger partial charge in [0.1, 0.15) is 0 Å². The molecule has 2 aliphatic carbocycles.